The van der Waals surface area contributed by atoms with Crippen LogP contribution in [0, 0.1) is 11.6 Å². The monoisotopic (exact) mass is 481 g/mol. The molecule has 2 aromatic carbocycles. The van der Waals surface area contributed by atoms with Crippen LogP contribution in [0.15, 0.2) is 67.1 Å². The number of aromatic nitrogens is 6. The highest BCUT2D eigenvalue weighted by Crippen LogP contribution is 2.34. The van der Waals surface area contributed by atoms with E-state index >= 15 is 4.39 Å². The van der Waals surface area contributed by atoms with Crippen LogP contribution in [-0.2, 0) is 6.54 Å². The van der Waals surface area contributed by atoms with Crippen LogP contribution in [0.3, 0.4) is 0 Å². The van der Waals surface area contributed by atoms with Crippen molar-refractivity contribution >= 4 is 21.9 Å². The lowest BCUT2D eigenvalue weighted by molar-refractivity contribution is 0.402. The van der Waals surface area contributed by atoms with Gasteiger partial charge in [-0.3, -0.25) is 15.1 Å². The average Bonchev–Trinajstić information content (AvgIpc) is 3.46. The van der Waals surface area contributed by atoms with Gasteiger partial charge < -0.3 is 9.88 Å². The fourth-order valence-electron chi connectivity index (χ4n) is 4.42. The Bertz CT molecular complexity index is 1740. The normalized spacial score (nSPS) is 11.7. The number of pyridine rings is 2. The number of H-pyrrole nitrogens is 2. The molecule has 0 spiro atoms. The molecule has 36 heavy (non-hydrogen) atoms. The van der Waals surface area contributed by atoms with Crippen LogP contribution in [0.5, 0.6) is 0 Å². The van der Waals surface area contributed by atoms with Crippen molar-refractivity contribution < 1.29 is 8.78 Å². The number of halogens is 2. The highest BCUT2D eigenvalue weighted by Gasteiger charge is 2.18. The van der Waals surface area contributed by atoms with Gasteiger partial charge in [0.25, 0.3) is 0 Å². The third-order valence-corrected chi connectivity index (χ3v) is 5.98. The van der Waals surface area contributed by atoms with E-state index in [1.807, 2.05) is 25.1 Å². The standard InChI is InChI=1S/C27H21F2N7/c1-36(2)14-15-8-17(13-30-12-15)19-10-20-23(11-21(19)29)34-35-25(20)27-32-22-6-7-31-24(26(22)33-27)16-4-3-5-18(28)9-16/h3-13H,14H2,1-2H3,(H,32,33)(H,34,35). The van der Waals surface area contributed by atoms with E-state index in [0.717, 1.165) is 11.1 Å². The first-order valence-electron chi connectivity index (χ1n) is 11.3. The van der Waals surface area contributed by atoms with E-state index in [0.29, 0.717) is 56.9 Å². The second kappa shape index (κ2) is 8.62. The van der Waals surface area contributed by atoms with Crippen molar-refractivity contribution in [3.8, 4) is 33.9 Å². The summed E-state index contributed by atoms with van der Waals surface area (Å²) in [6.45, 7) is 0.697. The number of hydrogen-bond acceptors (Lipinski definition) is 5. The van der Waals surface area contributed by atoms with Crippen molar-refractivity contribution in [2.75, 3.05) is 14.1 Å². The largest absolute Gasteiger partial charge is 0.336 e. The van der Waals surface area contributed by atoms with E-state index in [4.69, 9.17) is 4.98 Å². The summed E-state index contributed by atoms with van der Waals surface area (Å²) in [6, 6.07) is 13.2. The van der Waals surface area contributed by atoms with Crippen LogP contribution in [0.1, 0.15) is 5.56 Å². The second-order valence-corrected chi connectivity index (χ2v) is 8.92. The minimum atomic E-state index is -0.372. The topological polar surface area (TPSA) is 86.4 Å². The van der Waals surface area contributed by atoms with Crippen LogP contribution in [0.4, 0.5) is 8.78 Å². The summed E-state index contributed by atoms with van der Waals surface area (Å²) in [6.07, 6.45) is 5.08. The zero-order chi connectivity index (χ0) is 24.8. The molecule has 0 radical (unpaired) electrons. The van der Waals surface area contributed by atoms with E-state index in [1.54, 1.807) is 42.9 Å². The van der Waals surface area contributed by atoms with Crippen molar-refractivity contribution in [1.82, 2.24) is 35.0 Å². The van der Waals surface area contributed by atoms with Gasteiger partial charge in [0.1, 0.15) is 22.8 Å². The molecule has 4 aromatic heterocycles. The number of imidazole rings is 1. The molecule has 0 saturated carbocycles. The van der Waals surface area contributed by atoms with Crippen LogP contribution in [0.2, 0.25) is 0 Å². The summed E-state index contributed by atoms with van der Waals surface area (Å²) < 4.78 is 28.9. The lowest BCUT2D eigenvalue weighted by Crippen LogP contribution is -2.10. The Balaban J connectivity index is 1.48. The first kappa shape index (κ1) is 22.0. The number of benzene rings is 2. The van der Waals surface area contributed by atoms with Crippen LogP contribution >= 0.6 is 0 Å². The van der Waals surface area contributed by atoms with E-state index in [2.05, 4.69) is 25.1 Å². The minimum absolute atomic E-state index is 0.348. The maximum atomic E-state index is 15.1. The Kier molecular flexibility index (Phi) is 5.26. The van der Waals surface area contributed by atoms with Crippen molar-refractivity contribution in [3.05, 3.63) is 84.3 Å². The van der Waals surface area contributed by atoms with Gasteiger partial charge in [0.2, 0.25) is 0 Å². The van der Waals surface area contributed by atoms with E-state index in [1.165, 1.54) is 18.2 Å². The van der Waals surface area contributed by atoms with Crippen LogP contribution < -0.4 is 0 Å². The Hall–Kier alpha value is -4.50. The summed E-state index contributed by atoms with van der Waals surface area (Å²) in [7, 11) is 3.94. The quantitative estimate of drug-likeness (QED) is 0.336. The van der Waals surface area contributed by atoms with Gasteiger partial charge in [0.05, 0.1) is 16.7 Å². The third kappa shape index (κ3) is 3.89. The summed E-state index contributed by atoms with van der Waals surface area (Å²) in [5, 5.41) is 8.04. The molecular weight excluding hydrogens is 460 g/mol. The molecule has 0 saturated heterocycles. The summed E-state index contributed by atoms with van der Waals surface area (Å²) in [4.78, 5) is 18.8. The van der Waals surface area contributed by atoms with E-state index in [-0.39, 0.29) is 11.6 Å². The molecule has 0 aliphatic rings. The summed E-state index contributed by atoms with van der Waals surface area (Å²) in [5.41, 5.74) is 5.71. The molecule has 6 rings (SSSR count). The molecule has 7 nitrogen and oxygen atoms in total. The Morgan fingerprint density at radius 2 is 1.81 bits per heavy atom. The SMILES string of the molecule is CN(C)Cc1cncc(-c2cc3c(-c4nc5c(-c6cccc(F)c6)nccc5[nH]4)n[nH]c3cc2F)c1. The van der Waals surface area contributed by atoms with Gasteiger partial charge in [0.15, 0.2) is 5.82 Å². The molecule has 0 aliphatic heterocycles. The zero-order valence-corrected chi connectivity index (χ0v) is 19.5. The minimum Gasteiger partial charge on any atom is -0.336 e. The maximum absolute atomic E-state index is 15.1. The van der Waals surface area contributed by atoms with Crippen molar-refractivity contribution in [3.63, 3.8) is 0 Å². The Morgan fingerprint density at radius 1 is 0.917 bits per heavy atom. The number of fused-ring (bicyclic) bond motifs is 2. The smallest absolute Gasteiger partial charge is 0.159 e. The Morgan fingerprint density at radius 3 is 2.64 bits per heavy atom. The molecule has 0 atom stereocenters. The predicted molar refractivity (Wildman–Crippen MR) is 135 cm³/mol. The third-order valence-electron chi connectivity index (χ3n) is 5.98. The number of hydrogen-bond donors (Lipinski definition) is 2. The van der Waals surface area contributed by atoms with Crippen molar-refractivity contribution in [1.29, 1.82) is 0 Å². The van der Waals surface area contributed by atoms with Gasteiger partial charge in [-0.1, -0.05) is 12.1 Å². The molecular formula is C27H21F2N7. The molecule has 0 fully saturated rings. The number of rotatable bonds is 5. The fourth-order valence-corrected chi connectivity index (χ4v) is 4.42. The Labute approximate surface area is 204 Å². The number of nitrogens with one attached hydrogen (secondary N) is 2. The van der Waals surface area contributed by atoms with E-state index < -0.39 is 0 Å². The molecule has 0 unspecified atom stereocenters. The number of nitrogens with zero attached hydrogens (tertiary/aromatic N) is 5. The van der Waals surface area contributed by atoms with Gasteiger partial charge in [-0.2, -0.15) is 5.10 Å². The first-order valence-corrected chi connectivity index (χ1v) is 11.3. The molecule has 4 heterocycles. The highest BCUT2D eigenvalue weighted by molar-refractivity contribution is 5.97. The van der Waals surface area contributed by atoms with E-state index in [9.17, 15) is 4.39 Å². The molecule has 9 heteroatoms. The van der Waals surface area contributed by atoms with Gasteiger partial charge >= 0.3 is 0 Å². The fraction of sp³-hybridized carbons (Fsp3) is 0.111. The summed E-state index contributed by atoms with van der Waals surface area (Å²) >= 11 is 0. The lowest BCUT2D eigenvalue weighted by Gasteiger charge is -2.11. The van der Waals surface area contributed by atoms with Crippen LogP contribution in [0.25, 0.3) is 55.8 Å². The predicted octanol–water partition coefficient (Wildman–Crippen LogP) is 5.57. The van der Waals surface area contributed by atoms with Gasteiger partial charge in [-0.25, -0.2) is 13.8 Å². The second-order valence-electron chi connectivity index (χ2n) is 8.92. The molecule has 0 bridgehead atoms. The molecule has 0 aliphatic carbocycles. The highest BCUT2D eigenvalue weighted by atomic mass is 19.1. The zero-order valence-electron chi connectivity index (χ0n) is 19.5. The number of aromatic amines is 2. The lowest BCUT2D eigenvalue weighted by atomic mass is 10.0. The maximum Gasteiger partial charge on any atom is 0.159 e. The van der Waals surface area contributed by atoms with Gasteiger partial charge in [0, 0.05) is 53.3 Å². The summed E-state index contributed by atoms with van der Waals surface area (Å²) in [5.74, 6) is -0.221. The van der Waals surface area contributed by atoms with Gasteiger partial charge in [-0.15, -0.1) is 0 Å². The van der Waals surface area contributed by atoms with Crippen molar-refractivity contribution in [2.45, 2.75) is 6.54 Å². The average molecular weight is 482 g/mol. The van der Waals surface area contributed by atoms with Crippen LogP contribution in [-0.4, -0.2) is 49.1 Å². The van der Waals surface area contributed by atoms with Crippen molar-refractivity contribution in [2.24, 2.45) is 0 Å². The molecule has 6 aromatic rings. The molecule has 0 amide bonds. The molecule has 2 N–H and O–H groups in total. The molecule has 178 valence electrons. The first-order chi connectivity index (χ1) is 17.5. The van der Waals surface area contributed by atoms with Gasteiger partial charge in [-0.05, 0) is 50.0 Å².